The number of phosphoric ester groups is 1. The first-order valence-electron chi connectivity index (χ1n) is 13.6. The van der Waals surface area contributed by atoms with E-state index in [1.807, 2.05) is 0 Å². The van der Waals surface area contributed by atoms with Gasteiger partial charge in [0.15, 0.2) is 0 Å². The van der Waals surface area contributed by atoms with Gasteiger partial charge >= 0.3 is 7.82 Å². The number of ether oxygens (including phenoxy) is 6. The Kier molecular flexibility index (Phi) is 43.6. The van der Waals surface area contributed by atoms with Gasteiger partial charge in [0.05, 0.1) is 79.3 Å². The maximum atomic E-state index is 10.4. The number of hydrogen-bond acceptors (Lipinski definition) is 8. The Morgan fingerprint density at radius 1 is 0.474 bits per heavy atom. The molecule has 0 heterocycles. The molecule has 0 fully saturated rings. The summed E-state index contributed by atoms with van der Waals surface area (Å²) in [5, 5.41) is 0. The van der Waals surface area contributed by atoms with E-state index in [0.717, 1.165) is 18.9 Å². The molecule has 0 bridgehead atoms. The molecule has 13 heteroatoms. The molecule has 0 atom stereocenters. The van der Waals surface area contributed by atoms with Crippen LogP contribution in [0.3, 0.4) is 0 Å². The smallest absolute Gasteiger partial charge is 0.379 e. The average molecular weight is 623 g/mol. The zero-order valence-electron chi connectivity index (χ0n) is 24.7. The molecule has 0 aliphatic carbocycles. The average Bonchev–Trinajstić information content (AvgIpc) is 2.82. The summed E-state index contributed by atoms with van der Waals surface area (Å²) in [6.45, 7) is 10.2. The van der Waals surface area contributed by atoms with Crippen molar-refractivity contribution >= 4 is 111 Å². The second kappa shape index (κ2) is 36.3. The van der Waals surface area contributed by atoms with Crippen LogP contribution in [0, 0.1) is 5.92 Å². The summed E-state index contributed by atoms with van der Waals surface area (Å²) in [6, 6.07) is 0. The van der Waals surface area contributed by atoms with Crippen LogP contribution in [0.5, 0.6) is 0 Å². The Hall–Kier alpha value is 3.14. The number of rotatable bonds is 30. The summed E-state index contributed by atoms with van der Waals surface area (Å²) < 4.78 is 47.1. The fourth-order valence-electron chi connectivity index (χ4n) is 3.23. The number of hydrogen-bond donors (Lipinski definition) is 2. The fraction of sp³-hybridized carbons (Fsp3) is 1.00. The van der Waals surface area contributed by atoms with Gasteiger partial charge in [0.25, 0.3) is 0 Å². The minimum absolute atomic E-state index is 0. The Bertz CT molecular complexity index is 487. The van der Waals surface area contributed by atoms with Crippen LogP contribution in [-0.2, 0) is 37.5 Å². The third-order valence-corrected chi connectivity index (χ3v) is 5.69. The quantitative estimate of drug-likeness (QED) is 0.0698. The number of unbranched alkanes of at least 4 members (excludes halogenated alkanes) is 7. The molecular formula is C25H53K2O10P. The van der Waals surface area contributed by atoms with Gasteiger partial charge in [-0.3, -0.25) is 4.52 Å². The summed E-state index contributed by atoms with van der Waals surface area (Å²) in [6.07, 6.45) is 11.9. The van der Waals surface area contributed by atoms with Crippen LogP contribution >= 0.6 is 7.82 Å². The Morgan fingerprint density at radius 2 is 0.763 bits per heavy atom. The van der Waals surface area contributed by atoms with Crippen LogP contribution in [0.4, 0.5) is 0 Å². The molecule has 2 N–H and O–H groups in total. The largest absolute Gasteiger partial charge is 0.469 e. The predicted octanol–water partition coefficient (Wildman–Crippen LogP) is 3.60. The van der Waals surface area contributed by atoms with Gasteiger partial charge < -0.3 is 38.2 Å². The van der Waals surface area contributed by atoms with Gasteiger partial charge in [-0.25, -0.2) is 4.57 Å². The van der Waals surface area contributed by atoms with E-state index in [2.05, 4.69) is 18.4 Å². The van der Waals surface area contributed by atoms with E-state index in [4.69, 9.17) is 38.2 Å². The number of phosphoric acid groups is 1. The Morgan fingerprint density at radius 3 is 1.11 bits per heavy atom. The van der Waals surface area contributed by atoms with Gasteiger partial charge in [0, 0.05) is 109 Å². The van der Waals surface area contributed by atoms with Crippen molar-refractivity contribution in [1.29, 1.82) is 0 Å². The van der Waals surface area contributed by atoms with Crippen molar-refractivity contribution in [3.63, 3.8) is 0 Å². The molecule has 38 heavy (non-hydrogen) atoms. The SMILES string of the molecule is CC(C)CCCCCCCCCCOCCOCCOCCOCCOCCOCCOP(=O)(O)O.[K].[K]. The third kappa shape index (κ3) is 43.6. The maximum absolute atomic E-state index is 10.4. The first-order chi connectivity index (χ1) is 17.4. The third-order valence-electron chi connectivity index (χ3n) is 5.17. The molecule has 0 saturated carbocycles. The molecule has 0 rings (SSSR count). The molecule has 0 unspecified atom stereocenters. The van der Waals surface area contributed by atoms with E-state index in [9.17, 15) is 4.57 Å². The molecule has 0 saturated heterocycles. The molecule has 10 nitrogen and oxygen atoms in total. The van der Waals surface area contributed by atoms with E-state index in [0.29, 0.717) is 66.1 Å². The zero-order chi connectivity index (χ0) is 26.6. The van der Waals surface area contributed by atoms with E-state index >= 15 is 0 Å². The second-order valence-corrected chi connectivity index (χ2v) is 10.2. The molecule has 2 radical (unpaired) electrons. The molecule has 0 aromatic rings. The van der Waals surface area contributed by atoms with Crippen LogP contribution in [0.2, 0.25) is 0 Å². The molecule has 220 valence electrons. The van der Waals surface area contributed by atoms with E-state index in [1.54, 1.807) is 0 Å². The van der Waals surface area contributed by atoms with Crippen molar-refractivity contribution < 1.29 is 47.3 Å². The van der Waals surface area contributed by atoms with Crippen LogP contribution in [0.15, 0.2) is 0 Å². The van der Waals surface area contributed by atoms with Gasteiger partial charge in [0.2, 0.25) is 0 Å². The second-order valence-electron chi connectivity index (χ2n) is 9.01. The fourth-order valence-corrected chi connectivity index (χ4v) is 3.55. The van der Waals surface area contributed by atoms with Gasteiger partial charge in [-0.15, -0.1) is 0 Å². The van der Waals surface area contributed by atoms with Gasteiger partial charge in [-0.05, 0) is 12.3 Å². The minimum atomic E-state index is -4.42. The van der Waals surface area contributed by atoms with Crippen LogP contribution < -0.4 is 0 Å². The first-order valence-corrected chi connectivity index (χ1v) is 15.1. The normalized spacial score (nSPS) is 11.5. The van der Waals surface area contributed by atoms with Crippen molar-refractivity contribution in [2.75, 3.05) is 85.9 Å². The summed E-state index contributed by atoms with van der Waals surface area (Å²) in [4.78, 5) is 17.0. The molecule has 0 spiro atoms. The van der Waals surface area contributed by atoms with Gasteiger partial charge in [0.1, 0.15) is 0 Å². The Balaban J connectivity index is -0.00000612. The molecule has 0 aliphatic rings. The van der Waals surface area contributed by atoms with E-state index in [-0.39, 0.29) is 116 Å². The first kappa shape index (κ1) is 45.6. The topological polar surface area (TPSA) is 122 Å². The van der Waals surface area contributed by atoms with Crippen molar-refractivity contribution in [3.05, 3.63) is 0 Å². The summed E-state index contributed by atoms with van der Waals surface area (Å²) in [7, 11) is -4.42. The molecule has 0 aromatic carbocycles. The maximum Gasteiger partial charge on any atom is 0.469 e. The van der Waals surface area contributed by atoms with Crippen LogP contribution in [0.25, 0.3) is 0 Å². The monoisotopic (exact) mass is 622 g/mol. The summed E-state index contributed by atoms with van der Waals surface area (Å²) >= 11 is 0. The molecule has 0 aliphatic heterocycles. The van der Waals surface area contributed by atoms with Crippen molar-refractivity contribution in [2.45, 2.75) is 71.6 Å². The summed E-state index contributed by atoms with van der Waals surface area (Å²) in [5.41, 5.74) is 0. The predicted molar refractivity (Wildman–Crippen MR) is 151 cm³/mol. The van der Waals surface area contributed by atoms with Crippen LogP contribution in [-0.4, -0.2) is 198 Å². The van der Waals surface area contributed by atoms with Gasteiger partial charge in [-0.2, -0.15) is 0 Å². The van der Waals surface area contributed by atoms with Crippen molar-refractivity contribution in [2.24, 2.45) is 5.92 Å². The van der Waals surface area contributed by atoms with Crippen LogP contribution in [0.1, 0.15) is 71.6 Å². The summed E-state index contributed by atoms with van der Waals surface area (Å²) in [5.74, 6) is 0.842. The molecule has 0 amide bonds. The van der Waals surface area contributed by atoms with Gasteiger partial charge in [-0.1, -0.05) is 65.2 Å². The zero-order valence-corrected chi connectivity index (χ0v) is 31.9. The Labute approximate surface area is 316 Å². The van der Waals surface area contributed by atoms with E-state index in [1.165, 1.54) is 51.4 Å². The minimum Gasteiger partial charge on any atom is -0.379 e. The van der Waals surface area contributed by atoms with E-state index < -0.39 is 7.82 Å². The van der Waals surface area contributed by atoms with Crippen molar-refractivity contribution in [1.82, 2.24) is 0 Å². The molecule has 0 aromatic heterocycles. The molecular weight excluding hydrogens is 569 g/mol. The standard InChI is InChI=1S/C25H53O10P.2K/c1-25(2)11-9-7-5-3-4-6-8-10-12-29-13-14-30-15-16-31-17-18-32-19-20-33-21-22-34-23-24-35-36(26,27)28;;/h25H,3-24H2,1-2H3,(H2,26,27,28);;. The van der Waals surface area contributed by atoms with Crippen molar-refractivity contribution in [3.8, 4) is 0 Å².